The normalized spacial score (nSPS) is 12.4. The summed E-state index contributed by atoms with van der Waals surface area (Å²) in [5, 5.41) is 4.33. The number of anilines is 1. The zero-order valence-corrected chi connectivity index (χ0v) is 11.3. The topological polar surface area (TPSA) is 53.1 Å². The number of hydrogen-bond acceptors (Lipinski definition) is 3. The lowest BCUT2D eigenvalue weighted by molar-refractivity contribution is 0.401. The molecule has 1 atom stereocenters. The minimum Gasteiger partial charge on any atom is -0.496 e. The minimum absolute atomic E-state index is 0.0496. The molecule has 2 N–H and O–H groups in total. The molecule has 0 bridgehead atoms. The lowest BCUT2D eigenvalue weighted by Crippen LogP contribution is -2.13. The van der Waals surface area contributed by atoms with Crippen LogP contribution in [0.3, 0.4) is 0 Å². The zero-order chi connectivity index (χ0) is 13.3. The number of nitrogens with two attached hydrogens (primary N) is 1. The van der Waals surface area contributed by atoms with Crippen LogP contribution in [0.15, 0.2) is 24.4 Å². The first-order chi connectivity index (χ1) is 8.54. The lowest BCUT2D eigenvalue weighted by Gasteiger charge is -2.18. The third kappa shape index (κ3) is 2.06. The summed E-state index contributed by atoms with van der Waals surface area (Å²) in [5.74, 6) is 1.56. The Balaban J connectivity index is 2.48. The van der Waals surface area contributed by atoms with Crippen LogP contribution in [0.1, 0.15) is 29.7 Å². The highest BCUT2D eigenvalue weighted by molar-refractivity contribution is 5.43. The monoisotopic (exact) mass is 245 g/mol. The molecule has 0 aliphatic carbocycles. The third-order valence-electron chi connectivity index (χ3n) is 3.23. The fourth-order valence-electron chi connectivity index (χ4n) is 2.08. The Labute approximate surface area is 107 Å². The van der Waals surface area contributed by atoms with Gasteiger partial charge >= 0.3 is 0 Å². The molecule has 0 aliphatic rings. The number of hydrogen-bond donors (Lipinski definition) is 1. The molecule has 1 unspecified atom stereocenters. The number of rotatable bonds is 3. The second-order valence-corrected chi connectivity index (χ2v) is 4.58. The van der Waals surface area contributed by atoms with Crippen molar-refractivity contribution in [1.82, 2.24) is 9.78 Å². The Kier molecular flexibility index (Phi) is 3.28. The minimum atomic E-state index is 0.0496. The summed E-state index contributed by atoms with van der Waals surface area (Å²) >= 11 is 0. The summed E-state index contributed by atoms with van der Waals surface area (Å²) in [6, 6.07) is 6.17. The van der Waals surface area contributed by atoms with Gasteiger partial charge in [0.15, 0.2) is 0 Å². The molecule has 4 heteroatoms. The number of methoxy groups -OCH3 is 1. The second-order valence-electron chi connectivity index (χ2n) is 4.58. The number of ether oxygens (including phenoxy) is 1. The molecule has 96 valence electrons. The fourth-order valence-corrected chi connectivity index (χ4v) is 2.08. The van der Waals surface area contributed by atoms with Crippen LogP contribution in [-0.4, -0.2) is 16.9 Å². The fraction of sp³-hybridized carbons (Fsp3) is 0.357. The van der Waals surface area contributed by atoms with Crippen LogP contribution >= 0.6 is 0 Å². The quantitative estimate of drug-likeness (QED) is 0.904. The van der Waals surface area contributed by atoms with E-state index in [2.05, 4.69) is 25.0 Å². The van der Waals surface area contributed by atoms with Crippen LogP contribution in [-0.2, 0) is 0 Å². The van der Waals surface area contributed by atoms with Gasteiger partial charge in [0.1, 0.15) is 11.6 Å². The first-order valence-corrected chi connectivity index (χ1v) is 5.98. The number of nitrogens with zero attached hydrogens (tertiary/aromatic N) is 2. The number of benzene rings is 1. The van der Waals surface area contributed by atoms with E-state index in [1.54, 1.807) is 13.3 Å². The van der Waals surface area contributed by atoms with Crippen molar-refractivity contribution < 1.29 is 4.74 Å². The van der Waals surface area contributed by atoms with Crippen molar-refractivity contribution in [3.8, 4) is 5.75 Å². The molecule has 0 aliphatic heterocycles. The van der Waals surface area contributed by atoms with Gasteiger partial charge in [0.25, 0.3) is 0 Å². The molecular weight excluding hydrogens is 226 g/mol. The Bertz CT molecular complexity index is 560. The van der Waals surface area contributed by atoms with Gasteiger partial charge in [-0.25, -0.2) is 4.68 Å². The number of nitrogen functional groups attached to an aromatic ring is 1. The molecule has 1 aromatic heterocycles. The van der Waals surface area contributed by atoms with Gasteiger partial charge in [0, 0.05) is 11.1 Å². The SMILES string of the molecule is COc1ccc(C)cc1C(C)n1ncc(C)c1N. The van der Waals surface area contributed by atoms with Gasteiger partial charge in [-0.15, -0.1) is 0 Å². The molecule has 0 saturated carbocycles. The Morgan fingerprint density at radius 3 is 2.61 bits per heavy atom. The highest BCUT2D eigenvalue weighted by atomic mass is 16.5. The van der Waals surface area contributed by atoms with Gasteiger partial charge in [0.2, 0.25) is 0 Å². The Hall–Kier alpha value is -1.97. The van der Waals surface area contributed by atoms with Crippen LogP contribution in [0, 0.1) is 13.8 Å². The van der Waals surface area contributed by atoms with Crippen LogP contribution in [0.4, 0.5) is 5.82 Å². The van der Waals surface area contributed by atoms with Gasteiger partial charge in [-0.05, 0) is 26.8 Å². The average molecular weight is 245 g/mol. The molecule has 0 radical (unpaired) electrons. The molecule has 0 spiro atoms. The molecule has 1 heterocycles. The predicted molar refractivity (Wildman–Crippen MR) is 72.9 cm³/mol. The molecule has 2 aromatic rings. The highest BCUT2D eigenvalue weighted by Gasteiger charge is 2.17. The first-order valence-electron chi connectivity index (χ1n) is 5.98. The summed E-state index contributed by atoms with van der Waals surface area (Å²) in [6.45, 7) is 6.09. The van der Waals surface area contributed by atoms with E-state index < -0.39 is 0 Å². The van der Waals surface area contributed by atoms with E-state index in [0.717, 1.165) is 16.9 Å². The average Bonchev–Trinajstić information content (AvgIpc) is 2.69. The molecule has 4 nitrogen and oxygen atoms in total. The smallest absolute Gasteiger partial charge is 0.125 e. The van der Waals surface area contributed by atoms with Gasteiger partial charge in [-0.3, -0.25) is 0 Å². The second kappa shape index (κ2) is 4.72. The van der Waals surface area contributed by atoms with Crippen molar-refractivity contribution in [1.29, 1.82) is 0 Å². The number of aromatic nitrogens is 2. The molecule has 1 aromatic carbocycles. The maximum absolute atomic E-state index is 6.03. The van der Waals surface area contributed by atoms with Crippen LogP contribution in [0.2, 0.25) is 0 Å². The molecule has 18 heavy (non-hydrogen) atoms. The Morgan fingerprint density at radius 1 is 1.33 bits per heavy atom. The lowest BCUT2D eigenvalue weighted by atomic mass is 10.0. The van der Waals surface area contributed by atoms with E-state index in [-0.39, 0.29) is 6.04 Å². The van der Waals surface area contributed by atoms with E-state index >= 15 is 0 Å². The summed E-state index contributed by atoms with van der Waals surface area (Å²) in [7, 11) is 1.68. The molecule has 2 rings (SSSR count). The molecular formula is C14H19N3O. The van der Waals surface area contributed by atoms with E-state index in [1.165, 1.54) is 5.56 Å². The summed E-state index contributed by atoms with van der Waals surface area (Å²) in [4.78, 5) is 0. The maximum atomic E-state index is 6.03. The van der Waals surface area contributed by atoms with E-state index in [4.69, 9.17) is 10.5 Å². The predicted octanol–water partition coefficient (Wildman–Crippen LogP) is 2.70. The first kappa shape index (κ1) is 12.5. The van der Waals surface area contributed by atoms with Crippen LogP contribution in [0.5, 0.6) is 5.75 Å². The Morgan fingerprint density at radius 2 is 2.06 bits per heavy atom. The van der Waals surface area contributed by atoms with Crippen LogP contribution < -0.4 is 10.5 Å². The van der Waals surface area contributed by atoms with E-state index in [0.29, 0.717) is 5.82 Å². The van der Waals surface area contributed by atoms with E-state index in [1.807, 2.05) is 23.7 Å². The summed E-state index contributed by atoms with van der Waals surface area (Å²) in [5.41, 5.74) is 9.31. The van der Waals surface area contributed by atoms with Crippen molar-refractivity contribution in [2.75, 3.05) is 12.8 Å². The summed E-state index contributed by atoms with van der Waals surface area (Å²) in [6.07, 6.45) is 1.79. The van der Waals surface area contributed by atoms with Gasteiger partial charge in [-0.1, -0.05) is 17.7 Å². The van der Waals surface area contributed by atoms with Crippen molar-refractivity contribution in [3.05, 3.63) is 41.1 Å². The maximum Gasteiger partial charge on any atom is 0.125 e. The van der Waals surface area contributed by atoms with Gasteiger partial charge < -0.3 is 10.5 Å². The van der Waals surface area contributed by atoms with Crippen molar-refractivity contribution in [2.45, 2.75) is 26.8 Å². The largest absolute Gasteiger partial charge is 0.496 e. The molecule has 0 amide bonds. The van der Waals surface area contributed by atoms with Gasteiger partial charge in [-0.2, -0.15) is 5.10 Å². The van der Waals surface area contributed by atoms with Crippen LogP contribution in [0.25, 0.3) is 0 Å². The number of aryl methyl sites for hydroxylation is 2. The van der Waals surface area contributed by atoms with Crippen molar-refractivity contribution in [3.63, 3.8) is 0 Å². The van der Waals surface area contributed by atoms with Gasteiger partial charge in [0.05, 0.1) is 19.3 Å². The zero-order valence-electron chi connectivity index (χ0n) is 11.3. The van der Waals surface area contributed by atoms with E-state index in [9.17, 15) is 0 Å². The molecule has 0 saturated heterocycles. The highest BCUT2D eigenvalue weighted by Crippen LogP contribution is 2.30. The van der Waals surface area contributed by atoms with Crippen molar-refractivity contribution >= 4 is 5.82 Å². The van der Waals surface area contributed by atoms with Crippen molar-refractivity contribution in [2.24, 2.45) is 0 Å². The molecule has 0 fully saturated rings. The summed E-state index contributed by atoms with van der Waals surface area (Å²) < 4.78 is 7.23. The standard InChI is InChI=1S/C14H19N3O/c1-9-5-6-13(18-4)12(7-9)11(3)17-14(15)10(2)8-16-17/h5-8,11H,15H2,1-4H3. The third-order valence-corrected chi connectivity index (χ3v) is 3.23.